The molecule has 0 amide bonds. The van der Waals surface area contributed by atoms with Gasteiger partial charge in [-0.3, -0.25) is 9.20 Å². The highest BCUT2D eigenvalue weighted by Crippen LogP contribution is 2.34. The van der Waals surface area contributed by atoms with Gasteiger partial charge in [0.1, 0.15) is 27.8 Å². The topological polar surface area (TPSA) is 112 Å². The Balaban J connectivity index is 1.75. The van der Waals surface area contributed by atoms with Crippen molar-refractivity contribution in [3.63, 3.8) is 0 Å². The lowest BCUT2D eigenvalue weighted by Crippen LogP contribution is -2.31. The highest BCUT2D eigenvalue weighted by atomic mass is 32.2. The van der Waals surface area contributed by atoms with Crippen LogP contribution in [0.15, 0.2) is 74.9 Å². The molecule has 0 spiro atoms. The van der Waals surface area contributed by atoms with E-state index in [1.807, 2.05) is 0 Å². The number of rotatable bonds is 4. The van der Waals surface area contributed by atoms with Crippen molar-refractivity contribution >= 4 is 32.8 Å². The molecule has 0 unspecified atom stereocenters. The first-order valence-corrected chi connectivity index (χ1v) is 11.9. The van der Waals surface area contributed by atoms with E-state index in [0.717, 1.165) is 16.7 Å². The van der Waals surface area contributed by atoms with E-state index in [-0.39, 0.29) is 28.1 Å². The van der Waals surface area contributed by atoms with Crippen LogP contribution in [0.3, 0.4) is 0 Å². The zero-order chi connectivity index (χ0) is 24.9. The lowest BCUT2D eigenvalue weighted by Gasteiger charge is -2.21. The summed E-state index contributed by atoms with van der Waals surface area (Å²) in [6.07, 6.45) is 0.996. The standard InChI is InChI=1S/C24H18F2N4O4S/c1-27-16-7-8-18-20(11-16)35(33,34)29-23(28-18)21-22(31)17(10-13-2-4-14(25)5-3-13)19-9-6-15(26)12-30(19)24(21)32/h2-9,11-12,27,31H,10H2,1H3,(H,28,29). The molecule has 0 aliphatic carbocycles. The number of aromatic hydroxyl groups is 1. The highest BCUT2D eigenvalue weighted by molar-refractivity contribution is 7.90. The lowest BCUT2D eigenvalue weighted by atomic mass is 10.00. The number of fused-ring (bicyclic) bond motifs is 2. The van der Waals surface area contributed by atoms with E-state index < -0.39 is 44.4 Å². The van der Waals surface area contributed by atoms with Gasteiger partial charge in [0.2, 0.25) is 0 Å². The summed E-state index contributed by atoms with van der Waals surface area (Å²) < 4.78 is 58.1. The molecule has 1 aliphatic rings. The van der Waals surface area contributed by atoms with Crippen LogP contribution < -0.4 is 16.2 Å². The van der Waals surface area contributed by atoms with Gasteiger partial charge in [-0.05, 0) is 48.0 Å². The van der Waals surface area contributed by atoms with Gasteiger partial charge in [0.05, 0.1) is 11.2 Å². The average Bonchev–Trinajstić information content (AvgIpc) is 2.82. The molecule has 3 heterocycles. The molecule has 0 radical (unpaired) electrons. The summed E-state index contributed by atoms with van der Waals surface area (Å²) in [5.74, 6) is -2.06. The van der Waals surface area contributed by atoms with E-state index >= 15 is 0 Å². The fourth-order valence-electron chi connectivity index (χ4n) is 4.00. The molecule has 0 saturated heterocycles. The monoisotopic (exact) mass is 496 g/mol. The maximum absolute atomic E-state index is 14.1. The Hall–Kier alpha value is -4.25. The van der Waals surface area contributed by atoms with Gasteiger partial charge in [-0.1, -0.05) is 12.1 Å². The van der Waals surface area contributed by atoms with E-state index in [9.17, 15) is 27.1 Å². The van der Waals surface area contributed by atoms with Crippen molar-refractivity contribution < 1.29 is 22.3 Å². The van der Waals surface area contributed by atoms with Gasteiger partial charge >= 0.3 is 0 Å². The molecule has 8 nitrogen and oxygen atoms in total. The molecule has 2 aromatic heterocycles. The number of anilines is 2. The van der Waals surface area contributed by atoms with E-state index in [1.165, 1.54) is 42.5 Å². The number of halogens is 2. The third kappa shape index (κ3) is 3.89. The molecule has 1 aliphatic heterocycles. The third-order valence-electron chi connectivity index (χ3n) is 5.72. The Morgan fingerprint density at radius 3 is 2.49 bits per heavy atom. The first-order chi connectivity index (χ1) is 16.7. The summed E-state index contributed by atoms with van der Waals surface area (Å²) in [6, 6.07) is 12.5. The van der Waals surface area contributed by atoms with Gasteiger partial charge < -0.3 is 15.7 Å². The number of hydrogen-bond acceptors (Lipinski definition) is 6. The minimum absolute atomic E-state index is 0.0523. The number of nitrogens with one attached hydrogen (secondary N) is 2. The predicted octanol–water partition coefficient (Wildman–Crippen LogP) is 3.48. The summed E-state index contributed by atoms with van der Waals surface area (Å²) in [6.45, 7) is 0. The van der Waals surface area contributed by atoms with Gasteiger partial charge in [0.15, 0.2) is 5.84 Å². The van der Waals surface area contributed by atoms with Crippen LogP contribution in [0.4, 0.5) is 20.2 Å². The molecule has 11 heteroatoms. The molecule has 3 N–H and O–H groups in total. The van der Waals surface area contributed by atoms with Gasteiger partial charge in [-0.15, -0.1) is 4.40 Å². The van der Waals surface area contributed by atoms with Crippen molar-refractivity contribution in [2.24, 2.45) is 4.40 Å². The summed E-state index contributed by atoms with van der Waals surface area (Å²) in [7, 11) is -2.60. The van der Waals surface area contributed by atoms with Gasteiger partial charge in [-0.2, -0.15) is 8.42 Å². The maximum Gasteiger partial charge on any atom is 0.286 e. The molecule has 4 aromatic rings. The van der Waals surface area contributed by atoms with Crippen LogP contribution in [0.1, 0.15) is 16.7 Å². The number of pyridine rings is 2. The highest BCUT2D eigenvalue weighted by Gasteiger charge is 2.30. The third-order valence-corrected chi connectivity index (χ3v) is 7.04. The molecule has 0 fully saturated rings. The number of benzene rings is 2. The van der Waals surface area contributed by atoms with E-state index in [4.69, 9.17) is 0 Å². The molecule has 0 atom stereocenters. The molecule has 178 valence electrons. The summed E-state index contributed by atoms with van der Waals surface area (Å²) >= 11 is 0. The van der Waals surface area contributed by atoms with E-state index in [2.05, 4.69) is 15.0 Å². The molecule has 2 aromatic carbocycles. The molecule has 35 heavy (non-hydrogen) atoms. The fraction of sp³-hybridized carbons (Fsp3) is 0.0833. The summed E-state index contributed by atoms with van der Waals surface area (Å²) in [4.78, 5) is 13.2. The van der Waals surface area contributed by atoms with Crippen LogP contribution in [0.5, 0.6) is 5.75 Å². The first-order valence-electron chi connectivity index (χ1n) is 10.4. The lowest BCUT2D eigenvalue weighted by molar-refractivity contribution is 0.467. The van der Waals surface area contributed by atoms with Crippen molar-refractivity contribution in [3.8, 4) is 5.75 Å². The zero-order valence-electron chi connectivity index (χ0n) is 18.2. The number of nitrogens with zero attached hydrogens (tertiary/aromatic N) is 2. The van der Waals surface area contributed by atoms with Crippen LogP contribution in [0.25, 0.3) is 5.52 Å². The van der Waals surface area contributed by atoms with Gasteiger partial charge in [0.25, 0.3) is 15.6 Å². The van der Waals surface area contributed by atoms with Crippen molar-refractivity contribution in [1.29, 1.82) is 0 Å². The van der Waals surface area contributed by atoms with E-state index in [0.29, 0.717) is 11.3 Å². The van der Waals surface area contributed by atoms with E-state index in [1.54, 1.807) is 13.1 Å². The molecule has 0 saturated carbocycles. The minimum atomic E-state index is -4.23. The van der Waals surface area contributed by atoms with Crippen molar-refractivity contribution in [3.05, 3.63) is 99.5 Å². The average molecular weight is 496 g/mol. The second kappa shape index (κ2) is 8.20. The zero-order valence-corrected chi connectivity index (χ0v) is 19.0. The predicted molar refractivity (Wildman–Crippen MR) is 128 cm³/mol. The Morgan fingerprint density at radius 2 is 1.77 bits per heavy atom. The molecular weight excluding hydrogens is 478 g/mol. The van der Waals surface area contributed by atoms with Crippen LogP contribution in [-0.4, -0.2) is 30.8 Å². The Kier molecular flexibility index (Phi) is 5.28. The minimum Gasteiger partial charge on any atom is -0.507 e. The van der Waals surface area contributed by atoms with Crippen molar-refractivity contribution in [2.75, 3.05) is 17.7 Å². The number of amidine groups is 1. The number of sulfonamides is 1. The molecule has 0 bridgehead atoms. The molecule has 5 rings (SSSR count). The Labute approximate surface area is 198 Å². The molecular formula is C24H18F2N4O4S. The van der Waals surface area contributed by atoms with Gasteiger partial charge in [0, 0.05) is 30.9 Å². The number of aromatic nitrogens is 1. The maximum atomic E-state index is 14.1. The smallest absolute Gasteiger partial charge is 0.286 e. The van der Waals surface area contributed by atoms with Crippen LogP contribution in [-0.2, 0) is 16.4 Å². The summed E-state index contributed by atoms with van der Waals surface area (Å²) in [5.41, 5.74) is 0.433. The van der Waals surface area contributed by atoms with Gasteiger partial charge in [-0.25, -0.2) is 8.78 Å². The SMILES string of the molecule is CNc1ccc2c(c1)S(=O)(=O)N=C(c1c(O)c(Cc3ccc(F)cc3)c3ccc(F)cn3c1=O)N2. The second-order valence-corrected chi connectivity index (χ2v) is 9.49. The van der Waals surface area contributed by atoms with Crippen molar-refractivity contribution in [2.45, 2.75) is 11.3 Å². The quantitative estimate of drug-likeness (QED) is 0.399. The van der Waals surface area contributed by atoms with Crippen molar-refractivity contribution in [1.82, 2.24) is 4.40 Å². The normalized spacial score (nSPS) is 14.2. The number of hydrogen-bond donors (Lipinski definition) is 3. The van der Waals surface area contributed by atoms with Crippen LogP contribution in [0.2, 0.25) is 0 Å². The second-order valence-electron chi connectivity index (χ2n) is 7.91. The largest absolute Gasteiger partial charge is 0.507 e. The fourth-order valence-corrected chi connectivity index (χ4v) is 5.15. The Bertz CT molecular complexity index is 1700. The van der Waals surface area contributed by atoms with Crippen LogP contribution >= 0.6 is 0 Å². The Morgan fingerprint density at radius 1 is 1.06 bits per heavy atom. The summed E-state index contributed by atoms with van der Waals surface area (Å²) in [5, 5.41) is 16.8. The van der Waals surface area contributed by atoms with Crippen LogP contribution in [0, 0.1) is 11.6 Å². The first kappa shape index (κ1) is 22.5.